The lowest BCUT2D eigenvalue weighted by molar-refractivity contribution is -0.136. The molecule has 0 saturated carbocycles. The van der Waals surface area contributed by atoms with Gasteiger partial charge in [-0.1, -0.05) is 6.07 Å². The van der Waals surface area contributed by atoms with E-state index in [1.165, 1.54) is 12.1 Å². The van der Waals surface area contributed by atoms with E-state index in [2.05, 4.69) is 0 Å². The summed E-state index contributed by atoms with van der Waals surface area (Å²) in [7, 11) is 1.62. The highest BCUT2D eigenvalue weighted by Gasteiger charge is 2.12. The largest absolute Gasteiger partial charge is 0.481 e. The maximum Gasteiger partial charge on any atom is 0.305 e. The van der Waals surface area contributed by atoms with E-state index in [1.54, 1.807) is 24.1 Å². The third-order valence-electron chi connectivity index (χ3n) is 2.18. The van der Waals surface area contributed by atoms with Crippen LogP contribution in [0.4, 0.5) is 10.1 Å². The van der Waals surface area contributed by atoms with E-state index in [4.69, 9.17) is 10.4 Å². The number of carbonyl (C=O) groups is 1. The van der Waals surface area contributed by atoms with Crippen LogP contribution in [0, 0.1) is 17.1 Å². The minimum absolute atomic E-state index is 0.0577. The van der Waals surface area contributed by atoms with Gasteiger partial charge in [0.25, 0.3) is 0 Å². The van der Waals surface area contributed by atoms with E-state index < -0.39 is 11.8 Å². The minimum atomic E-state index is -0.929. The Labute approximate surface area is 92.5 Å². The molecule has 0 spiro atoms. The molecule has 0 radical (unpaired) electrons. The zero-order valence-electron chi connectivity index (χ0n) is 8.77. The monoisotopic (exact) mass is 222 g/mol. The van der Waals surface area contributed by atoms with E-state index in [1.807, 2.05) is 0 Å². The van der Waals surface area contributed by atoms with Gasteiger partial charge in [-0.25, -0.2) is 4.39 Å². The molecule has 1 aromatic rings. The van der Waals surface area contributed by atoms with Crippen molar-refractivity contribution in [2.45, 2.75) is 6.42 Å². The van der Waals surface area contributed by atoms with Gasteiger partial charge in [-0.05, 0) is 12.1 Å². The molecule has 0 aliphatic heterocycles. The lowest BCUT2D eigenvalue weighted by Gasteiger charge is -2.19. The number of hydrogen-bond acceptors (Lipinski definition) is 3. The van der Waals surface area contributed by atoms with Gasteiger partial charge in [0.15, 0.2) is 0 Å². The molecule has 0 fully saturated rings. The summed E-state index contributed by atoms with van der Waals surface area (Å²) in [6.45, 7) is 0.230. The number of carboxylic acid groups (broad SMARTS) is 1. The molecular weight excluding hydrogens is 211 g/mol. The van der Waals surface area contributed by atoms with Gasteiger partial charge < -0.3 is 10.0 Å². The fourth-order valence-corrected chi connectivity index (χ4v) is 1.33. The van der Waals surface area contributed by atoms with Crippen LogP contribution in [0.3, 0.4) is 0 Å². The molecule has 0 aliphatic rings. The third kappa shape index (κ3) is 2.70. The summed E-state index contributed by atoms with van der Waals surface area (Å²) in [6.07, 6.45) is -0.0577. The normalized spacial score (nSPS) is 9.56. The molecule has 0 saturated heterocycles. The zero-order chi connectivity index (χ0) is 12.1. The number of anilines is 1. The number of benzene rings is 1. The number of nitriles is 1. The molecule has 16 heavy (non-hydrogen) atoms. The number of hydrogen-bond donors (Lipinski definition) is 1. The second kappa shape index (κ2) is 5.12. The Bertz CT molecular complexity index is 440. The number of halogens is 1. The Morgan fingerprint density at radius 2 is 2.31 bits per heavy atom. The molecule has 84 valence electrons. The van der Waals surface area contributed by atoms with Crippen LogP contribution in [-0.2, 0) is 4.79 Å². The van der Waals surface area contributed by atoms with Crippen molar-refractivity contribution in [2.24, 2.45) is 0 Å². The molecule has 0 bridgehead atoms. The van der Waals surface area contributed by atoms with Gasteiger partial charge in [0, 0.05) is 13.6 Å². The first kappa shape index (κ1) is 12.0. The van der Waals surface area contributed by atoms with Crippen LogP contribution >= 0.6 is 0 Å². The van der Waals surface area contributed by atoms with Gasteiger partial charge in [-0.15, -0.1) is 0 Å². The Morgan fingerprint density at radius 1 is 1.62 bits per heavy atom. The van der Waals surface area contributed by atoms with Crippen molar-refractivity contribution < 1.29 is 14.3 Å². The molecule has 0 unspecified atom stereocenters. The molecule has 5 heteroatoms. The Kier molecular flexibility index (Phi) is 3.84. The lowest BCUT2D eigenvalue weighted by atomic mass is 10.1. The fraction of sp³-hybridized carbons (Fsp3) is 0.273. The van der Waals surface area contributed by atoms with Crippen molar-refractivity contribution in [3.63, 3.8) is 0 Å². The van der Waals surface area contributed by atoms with Crippen molar-refractivity contribution in [3.8, 4) is 6.07 Å². The summed E-state index contributed by atoms with van der Waals surface area (Å²) in [5.41, 5.74) is 0.346. The van der Waals surface area contributed by atoms with Crippen molar-refractivity contribution >= 4 is 11.7 Å². The highest BCUT2D eigenvalue weighted by molar-refractivity contribution is 5.68. The zero-order valence-corrected chi connectivity index (χ0v) is 8.77. The first-order valence-electron chi connectivity index (χ1n) is 4.67. The summed E-state index contributed by atoms with van der Waals surface area (Å²) < 4.78 is 13.2. The van der Waals surface area contributed by atoms with E-state index >= 15 is 0 Å². The number of rotatable bonds is 4. The number of aliphatic carboxylic acids is 1. The second-order valence-corrected chi connectivity index (χ2v) is 3.31. The van der Waals surface area contributed by atoms with Crippen LogP contribution in [-0.4, -0.2) is 24.7 Å². The molecule has 0 heterocycles. The number of carboxylic acids is 1. The molecule has 0 amide bonds. The highest BCUT2D eigenvalue weighted by atomic mass is 19.1. The molecule has 0 aromatic heterocycles. The van der Waals surface area contributed by atoms with E-state index in [0.717, 1.165) is 0 Å². The van der Waals surface area contributed by atoms with Crippen molar-refractivity contribution in [3.05, 3.63) is 29.6 Å². The summed E-state index contributed by atoms with van der Waals surface area (Å²) in [6, 6.07) is 6.05. The second-order valence-electron chi connectivity index (χ2n) is 3.31. The first-order chi connectivity index (χ1) is 7.56. The molecule has 1 aromatic carbocycles. The Hall–Kier alpha value is -2.09. The summed E-state index contributed by atoms with van der Waals surface area (Å²) in [5.74, 6) is -1.52. The van der Waals surface area contributed by atoms with Crippen molar-refractivity contribution in [2.75, 3.05) is 18.5 Å². The smallest absolute Gasteiger partial charge is 0.305 e. The van der Waals surface area contributed by atoms with Crippen molar-refractivity contribution in [1.82, 2.24) is 0 Å². The van der Waals surface area contributed by atoms with Crippen LogP contribution in [0.2, 0.25) is 0 Å². The average Bonchev–Trinajstić information content (AvgIpc) is 2.25. The van der Waals surface area contributed by atoms with Gasteiger partial charge >= 0.3 is 5.97 Å². The van der Waals surface area contributed by atoms with E-state index in [-0.39, 0.29) is 18.5 Å². The predicted octanol–water partition coefficient (Wildman–Crippen LogP) is 1.61. The van der Waals surface area contributed by atoms with Crippen LogP contribution in [0.15, 0.2) is 18.2 Å². The topological polar surface area (TPSA) is 64.3 Å². The summed E-state index contributed by atoms with van der Waals surface area (Å²) in [5, 5.41) is 17.3. The van der Waals surface area contributed by atoms with E-state index in [9.17, 15) is 9.18 Å². The SMILES string of the molecule is CN(CCC(=O)O)c1cccc(F)c1C#N. The average molecular weight is 222 g/mol. The molecular formula is C11H11FN2O2. The van der Waals surface area contributed by atoms with E-state index in [0.29, 0.717) is 5.69 Å². The van der Waals surface area contributed by atoms with Gasteiger partial charge in [-0.3, -0.25) is 4.79 Å². The molecule has 1 rings (SSSR count). The number of nitrogens with zero attached hydrogens (tertiary/aromatic N) is 2. The highest BCUT2D eigenvalue weighted by Crippen LogP contribution is 2.21. The van der Waals surface area contributed by atoms with Crippen LogP contribution < -0.4 is 4.90 Å². The quantitative estimate of drug-likeness (QED) is 0.840. The molecule has 0 aliphatic carbocycles. The van der Waals surface area contributed by atoms with Crippen molar-refractivity contribution in [1.29, 1.82) is 5.26 Å². The van der Waals surface area contributed by atoms with Crippen LogP contribution in [0.5, 0.6) is 0 Å². The molecule has 1 N–H and O–H groups in total. The standard InChI is InChI=1S/C11H11FN2O2/c1-14(6-5-11(15)16)10-4-2-3-9(12)8(10)7-13/h2-4H,5-6H2,1H3,(H,15,16). The molecule has 4 nitrogen and oxygen atoms in total. The van der Waals surface area contributed by atoms with Crippen LogP contribution in [0.25, 0.3) is 0 Å². The van der Waals surface area contributed by atoms with Crippen LogP contribution in [0.1, 0.15) is 12.0 Å². The Morgan fingerprint density at radius 3 is 2.88 bits per heavy atom. The summed E-state index contributed by atoms with van der Waals surface area (Å²) >= 11 is 0. The minimum Gasteiger partial charge on any atom is -0.481 e. The predicted molar refractivity (Wildman–Crippen MR) is 56.6 cm³/mol. The lowest BCUT2D eigenvalue weighted by Crippen LogP contribution is -2.22. The van der Waals surface area contributed by atoms with Gasteiger partial charge in [0.2, 0.25) is 0 Å². The maximum absolute atomic E-state index is 13.2. The first-order valence-corrected chi connectivity index (χ1v) is 4.67. The molecule has 0 atom stereocenters. The van der Waals surface area contributed by atoms with Gasteiger partial charge in [0.1, 0.15) is 17.4 Å². The van der Waals surface area contributed by atoms with Gasteiger partial charge in [0.05, 0.1) is 12.1 Å². The van der Waals surface area contributed by atoms with Gasteiger partial charge in [-0.2, -0.15) is 5.26 Å². The Balaban J connectivity index is 2.91. The summed E-state index contributed by atoms with van der Waals surface area (Å²) in [4.78, 5) is 11.9. The maximum atomic E-state index is 13.2. The third-order valence-corrected chi connectivity index (χ3v) is 2.18. The fourth-order valence-electron chi connectivity index (χ4n) is 1.33.